The number of aryl methyl sites for hydroxylation is 2. The maximum Gasteiger partial charge on any atom is 0.122 e. The van der Waals surface area contributed by atoms with Crippen molar-refractivity contribution in [3.63, 3.8) is 0 Å². The van der Waals surface area contributed by atoms with Crippen LogP contribution in [0, 0.1) is 0 Å². The summed E-state index contributed by atoms with van der Waals surface area (Å²) >= 11 is 0. The topological polar surface area (TPSA) is 191 Å². The second kappa shape index (κ2) is 41.1. The van der Waals surface area contributed by atoms with Gasteiger partial charge in [-0.25, -0.2) is 15.0 Å². The van der Waals surface area contributed by atoms with Crippen molar-refractivity contribution in [3.8, 4) is 0 Å². The molecule has 1 aliphatic heterocycles. The minimum Gasteiger partial charge on any atom is -0.348 e. The van der Waals surface area contributed by atoms with E-state index in [4.69, 9.17) is 15.7 Å². The fourth-order valence-corrected chi connectivity index (χ4v) is 12.3. The monoisotopic (exact) mass is 1240 g/mol. The minimum absolute atomic E-state index is 0.367. The zero-order valence-corrected chi connectivity index (χ0v) is 55.7. The molecule has 0 amide bonds. The number of pyridine rings is 2. The molecule has 0 saturated carbocycles. The molecular weight excluding hydrogens is 1130 g/mol. The van der Waals surface area contributed by atoms with E-state index in [0.29, 0.717) is 6.04 Å². The summed E-state index contributed by atoms with van der Waals surface area (Å²) in [6, 6.07) is 37.1. The number of nitrogens with one attached hydrogen (secondary N) is 6. The summed E-state index contributed by atoms with van der Waals surface area (Å²) in [7, 11) is 4.28. The molecule has 3 aromatic carbocycles. The summed E-state index contributed by atoms with van der Waals surface area (Å²) in [5, 5.41) is 14.1. The van der Waals surface area contributed by atoms with Gasteiger partial charge >= 0.3 is 0 Å². The van der Waals surface area contributed by atoms with Gasteiger partial charge in [0.05, 0.1) is 48.1 Å². The van der Waals surface area contributed by atoms with Crippen LogP contribution in [-0.2, 0) is 65.8 Å². The molecule has 5 aromatic heterocycles. The fraction of sp³-hybridized carbons (Fsp3) is 0.521. The van der Waals surface area contributed by atoms with Gasteiger partial charge in [0, 0.05) is 103 Å². The van der Waals surface area contributed by atoms with E-state index in [0.717, 1.165) is 184 Å². The lowest BCUT2D eigenvalue weighted by Crippen LogP contribution is -2.36. The van der Waals surface area contributed by atoms with Crippen LogP contribution >= 0.6 is 0 Å². The summed E-state index contributed by atoms with van der Waals surface area (Å²) in [6.07, 6.45) is 24.4. The Morgan fingerprint density at radius 1 is 0.582 bits per heavy atom. The lowest BCUT2D eigenvalue weighted by atomic mass is 9.90. The van der Waals surface area contributed by atoms with Gasteiger partial charge in [0.2, 0.25) is 0 Å². The van der Waals surface area contributed by atoms with Gasteiger partial charge in [-0.05, 0) is 201 Å². The number of aromatic nitrogens is 8. The molecule has 1 saturated heterocycles. The Morgan fingerprint density at radius 3 is 2.04 bits per heavy atom. The van der Waals surface area contributed by atoms with E-state index in [-0.39, 0.29) is 0 Å². The molecule has 18 heteroatoms. The Kier molecular flexibility index (Phi) is 31.8. The largest absolute Gasteiger partial charge is 0.348 e. The summed E-state index contributed by atoms with van der Waals surface area (Å²) in [5.41, 5.74) is 17.0. The third kappa shape index (κ3) is 25.8. The SMILES string of the molecule is CCCN(CCC)CCCCN(C)Cc1ccc(CN(Cc2ncc[nH]2)Cc2nccn2C)cc1.NCCCCN(Cc1nc2ccccc2[nH]1)C1CCCc2cccnc21.c1ccc(CNCc2ccc(CN3CCCNCCNCCCNCC3)cc2)nc1. The van der Waals surface area contributed by atoms with Crippen LogP contribution in [0.15, 0.2) is 140 Å². The molecule has 18 nitrogen and oxygen atoms in total. The molecule has 8 N–H and O–H groups in total. The van der Waals surface area contributed by atoms with E-state index in [2.05, 4.69) is 175 Å². The number of fused-ring (bicyclic) bond motifs is 2. The number of nitrogens with two attached hydrogens (primary N) is 1. The lowest BCUT2D eigenvalue weighted by Gasteiger charge is -2.34. The van der Waals surface area contributed by atoms with Crippen LogP contribution in [0.25, 0.3) is 11.0 Å². The smallest absolute Gasteiger partial charge is 0.122 e. The Bertz CT molecular complexity index is 3070. The molecule has 0 spiro atoms. The molecule has 8 aromatic rings. The standard InChI is InChI=1S/C28H45N7.C24H38N6.C21H27N5/c1-5-16-34(17-6-2)19-8-7-18-32(3)21-25-9-11-26(12-10-25)22-35(23-27-29-13-14-30-27)24-28-31-15-20-33(28)4;1-2-13-29-24(5-1)20-28-19-22-6-8-23(9-7-22)21-30-17-4-12-26-15-14-25-10-3-11-27-16-18-30;22-12-3-4-14-26(15-20-24-17-9-1-2-10-18(17)25-20)19-11-5-7-16-8-6-13-23-21(16)19/h9-15,20H,5-8,16-19,21-24H2,1-4H3,(H,29,30);1-2,5-9,13,25-28H,3-4,10-12,14-21H2;1-2,6,8-10,13,19H,3-5,7,11-12,14-15,22H2,(H,24,25). The number of H-pyrrole nitrogens is 2. The second-order valence-corrected chi connectivity index (χ2v) is 24.8. The Hall–Kier alpha value is -6.55. The van der Waals surface area contributed by atoms with E-state index in [1.165, 1.54) is 98.1 Å². The van der Waals surface area contributed by atoms with Crippen molar-refractivity contribution in [1.82, 2.24) is 85.2 Å². The molecule has 0 bridgehead atoms. The van der Waals surface area contributed by atoms with E-state index in [9.17, 15) is 0 Å². The molecule has 492 valence electrons. The molecule has 91 heavy (non-hydrogen) atoms. The van der Waals surface area contributed by atoms with Crippen LogP contribution in [-0.4, -0.2) is 163 Å². The van der Waals surface area contributed by atoms with Gasteiger partial charge in [-0.3, -0.25) is 24.7 Å². The van der Waals surface area contributed by atoms with Crippen molar-refractivity contribution in [2.24, 2.45) is 12.8 Å². The molecule has 6 heterocycles. The predicted molar refractivity (Wildman–Crippen MR) is 373 cm³/mol. The highest BCUT2D eigenvalue weighted by Crippen LogP contribution is 2.34. The number of unbranched alkanes of at least 4 members (excludes halogenated alkanes) is 2. The van der Waals surface area contributed by atoms with Gasteiger partial charge in [-0.15, -0.1) is 0 Å². The van der Waals surface area contributed by atoms with E-state index >= 15 is 0 Å². The van der Waals surface area contributed by atoms with E-state index < -0.39 is 0 Å². The minimum atomic E-state index is 0.367. The predicted octanol–water partition coefficient (Wildman–Crippen LogP) is 9.99. The van der Waals surface area contributed by atoms with Crippen molar-refractivity contribution in [3.05, 3.63) is 197 Å². The number of imidazole rings is 3. The maximum atomic E-state index is 5.72. The van der Waals surface area contributed by atoms with Crippen LogP contribution in [0.3, 0.4) is 0 Å². The van der Waals surface area contributed by atoms with Gasteiger partial charge in [0.25, 0.3) is 0 Å². The van der Waals surface area contributed by atoms with E-state index in [1.54, 1.807) is 0 Å². The summed E-state index contributed by atoms with van der Waals surface area (Å²) < 4.78 is 2.08. The molecule has 1 fully saturated rings. The number of hydrogen-bond acceptors (Lipinski definition) is 15. The van der Waals surface area contributed by atoms with Gasteiger partial charge in [0.15, 0.2) is 0 Å². The molecule has 10 rings (SSSR count). The van der Waals surface area contributed by atoms with Crippen molar-refractivity contribution >= 4 is 11.0 Å². The highest BCUT2D eigenvalue weighted by atomic mass is 15.2. The average Bonchev–Trinajstić information content (AvgIpc) is 2.56. The molecule has 1 atom stereocenters. The van der Waals surface area contributed by atoms with Crippen LogP contribution in [0.5, 0.6) is 0 Å². The van der Waals surface area contributed by atoms with Crippen molar-refractivity contribution in [1.29, 1.82) is 0 Å². The lowest BCUT2D eigenvalue weighted by molar-refractivity contribution is 0.159. The summed E-state index contributed by atoms with van der Waals surface area (Å²) in [4.78, 5) is 42.1. The molecule has 2 aliphatic rings. The molecule has 1 unspecified atom stereocenters. The van der Waals surface area contributed by atoms with Crippen molar-refractivity contribution in [2.45, 2.75) is 143 Å². The zero-order chi connectivity index (χ0) is 63.3. The Labute approximate surface area is 545 Å². The number of rotatable bonds is 30. The third-order valence-electron chi connectivity index (χ3n) is 17.1. The molecule has 1 aliphatic carbocycles. The normalized spacial score (nSPS) is 15.3. The second-order valence-electron chi connectivity index (χ2n) is 24.8. The summed E-state index contributed by atoms with van der Waals surface area (Å²) in [5.74, 6) is 3.06. The first-order valence-corrected chi connectivity index (χ1v) is 34.3. The first-order valence-electron chi connectivity index (χ1n) is 34.3. The number of benzene rings is 3. The summed E-state index contributed by atoms with van der Waals surface area (Å²) in [6.45, 7) is 26.8. The van der Waals surface area contributed by atoms with Gasteiger partial charge in [-0.1, -0.05) is 86.6 Å². The molecular formula is C73H110N18. The number of nitrogens with zero attached hydrogens (tertiary/aromatic N) is 11. The fourth-order valence-electron chi connectivity index (χ4n) is 12.3. The van der Waals surface area contributed by atoms with Crippen molar-refractivity contribution < 1.29 is 0 Å². The van der Waals surface area contributed by atoms with Crippen LogP contribution in [0.2, 0.25) is 0 Å². The highest BCUT2D eigenvalue weighted by Gasteiger charge is 2.28. The maximum absolute atomic E-state index is 5.72. The number of para-hydroxylation sites is 2. The quantitative estimate of drug-likeness (QED) is 0.0210. The zero-order valence-electron chi connectivity index (χ0n) is 55.7. The van der Waals surface area contributed by atoms with Gasteiger partial charge in [-0.2, -0.15) is 0 Å². The highest BCUT2D eigenvalue weighted by molar-refractivity contribution is 5.74. The molecule has 0 radical (unpaired) electrons. The number of aromatic amines is 2. The van der Waals surface area contributed by atoms with Crippen LogP contribution in [0.4, 0.5) is 0 Å². The van der Waals surface area contributed by atoms with Gasteiger partial charge in [0.1, 0.15) is 17.5 Å². The third-order valence-corrected chi connectivity index (χ3v) is 17.1. The van der Waals surface area contributed by atoms with Crippen LogP contribution in [0.1, 0.15) is 141 Å². The van der Waals surface area contributed by atoms with Crippen LogP contribution < -0.4 is 27.0 Å². The van der Waals surface area contributed by atoms with E-state index in [1.807, 2.05) is 68.5 Å². The average molecular weight is 1240 g/mol. The first-order chi connectivity index (χ1) is 44.8. The first kappa shape index (κ1) is 70.3. The Morgan fingerprint density at radius 2 is 1.31 bits per heavy atom. The Balaban J connectivity index is 0.000000178. The van der Waals surface area contributed by atoms with Crippen molar-refractivity contribution in [2.75, 3.05) is 98.7 Å². The van der Waals surface area contributed by atoms with Gasteiger partial charge < -0.3 is 51.3 Å². The number of hydrogen-bond donors (Lipinski definition) is 7.